The zero-order chi connectivity index (χ0) is 19.0. The Labute approximate surface area is 156 Å². The molecular formula is C19H18N4O3S. The molecule has 4 aromatic rings. The van der Waals surface area contributed by atoms with Crippen LogP contribution in [0.25, 0.3) is 16.8 Å². The van der Waals surface area contributed by atoms with Gasteiger partial charge in [-0.25, -0.2) is 23.1 Å². The monoisotopic (exact) mass is 382 g/mol. The average molecular weight is 382 g/mol. The van der Waals surface area contributed by atoms with Crippen molar-refractivity contribution in [1.29, 1.82) is 0 Å². The Morgan fingerprint density at radius 3 is 2.59 bits per heavy atom. The van der Waals surface area contributed by atoms with Crippen LogP contribution in [0.2, 0.25) is 0 Å². The van der Waals surface area contributed by atoms with E-state index >= 15 is 0 Å². The second kappa shape index (κ2) is 6.64. The molecule has 3 aromatic heterocycles. The van der Waals surface area contributed by atoms with E-state index in [0.717, 1.165) is 11.1 Å². The van der Waals surface area contributed by atoms with Crippen LogP contribution in [-0.4, -0.2) is 22.8 Å². The Kier molecular flexibility index (Phi) is 4.29. The molecule has 1 aromatic carbocycles. The summed E-state index contributed by atoms with van der Waals surface area (Å²) in [4.78, 5) is 8.79. The van der Waals surface area contributed by atoms with Crippen LogP contribution in [0.15, 0.2) is 64.2 Å². The summed E-state index contributed by atoms with van der Waals surface area (Å²) in [6.07, 6.45) is 3.56. The Morgan fingerprint density at radius 2 is 1.89 bits per heavy atom. The van der Waals surface area contributed by atoms with Gasteiger partial charge in [0.2, 0.25) is 10.0 Å². The van der Waals surface area contributed by atoms with Gasteiger partial charge in [-0.2, -0.15) is 0 Å². The van der Waals surface area contributed by atoms with E-state index in [0.29, 0.717) is 23.2 Å². The van der Waals surface area contributed by atoms with Crippen LogP contribution in [0, 0.1) is 13.8 Å². The lowest BCUT2D eigenvalue weighted by Gasteiger charge is -2.07. The number of oxazole rings is 1. The van der Waals surface area contributed by atoms with E-state index in [1.165, 1.54) is 0 Å². The molecule has 27 heavy (non-hydrogen) atoms. The molecule has 7 nitrogen and oxygen atoms in total. The van der Waals surface area contributed by atoms with E-state index in [1.807, 2.05) is 35.7 Å². The summed E-state index contributed by atoms with van der Waals surface area (Å²) in [6.45, 7) is 3.71. The highest BCUT2D eigenvalue weighted by molar-refractivity contribution is 7.89. The first-order valence-electron chi connectivity index (χ1n) is 8.39. The summed E-state index contributed by atoms with van der Waals surface area (Å²) in [6, 6.07) is 12.3. The molecule has 0 aliphatic heterocycles. The zero-order valence-electron chi connectivity index (χ0n) is 14.9. The third-order valence-electron chi connectivity index (χ3n) is 4.28. The zero-order valence-corrected chi connectivity index (χ0v) is 15.7. The molecule has 0 bridgehead atoms. The van der Waals surface area contributed by atoms with Gasteiger partial charge in [-0.1, -0.05) is 18.2 Å². The topological polar surface area (TPSA) is 89.5 Å². The molecule has 138 valence electrons. The fraction of sp³-hybridized carbons (Fsp3) is 0.158. The number of benzene rings is 1. The number of rotatable bonds is 5. The number of imidazole rings is 1. The fourth-order valence-corrected chi connectivity index (χ4v) is 3.94. The maximum Gasteiger partial charge on any atom is 0.240 e. The number of nitrogens with one attached hydrogen (secondary N) is 1. The van der Waals surface area contributed by atoms with Crippen LogP contribution in [0.1, 0.15) is 17.5 Å². The summed E-state index contributed by atoms with van der Waals surface area (Å²) in [5, 5.41) is 0. The Balaban J connectivity index is 1.54. The van der Waals surface area contributed by atoms with Crippen LogP contribution < -0.4 is 4.72 Å². The van der Waals surface area contributed by atoms with Gasteiger partial charge in [0.1, 0.15) is 17.3 Å². The van der Waals surface area contributed by atoms with Gasteiger partial charge in [0.25, 0.3) is 0 Å². The number of aryl methyl sites for hydroxylation is 2. The number of pyridine rings is 1. The van der Waals surface area contributed by atoms with Gasteiger partial charge in [-0.15, -0.1) is 0 Å². The lowest BCUT2D eigenvalue weighted by molar-refractivity contribution is 0.495. The quantitative estimate of drug-likeness (QED) is 0.573. The van der Waals surface area contributed by atoms with Crippen molar-refractivity contribution in [2.24, 2.45) is 0 Å². The number of aromatic nitrogens is 3. The molecule has 8 heteroatoms. The van der Waals surface area contributed by atoms with E-state index in [-0.39, 0.29) is 11.4 Å². The summed E-state index contributed by atoms with van der Waals surface area (Å²) in [5.41, 5.74) is 2.44. The second-order valence-corrected chi connectivity index (χ2v) is 7.92. The highest BCUT2D eigenvalue weighted by Gasteiger charge is 2.16. The maximum absolute atomic E-state index is 12.6. The van der Waals surface area contributed by atoms with E-state index in [1.54, 1.807) is 37.4 Å². The lowest BCUT2D eigenvalue weighted by Crippen LogP contribution is -2.24. The molecule has 4 rings (SSSR count). The summed E-state index contributed by atoms with van der Waals surface area (Å²) >= 11 is 0. The molecule has 0 atom stereocenters. The minimum absolute atomic E-state index is 0.101. The van der Waals surface area contributed by atoms with Gasteiger partial charge in [0.15, 0.2) is 5.89 Å². The average Bonchev–Trinajstić information content (AvgIpc) is 3.23. The highest BCUT2D eigenvalue weighted by atomic mass is 32.2. The number of nitrogens with zero attached hydrogens (tertiary/aromatic N) is 3. The van der Waals surface area contributed by atoms with Gasteiger partial charge < -0.3 is 8.82 Å². The molecule has 0 aliphatic carbocycles. The summed E-state index contributed by atoms with van der Waals surface area (Å²) < 4.78 is 35.1. The minimum atomic E-state index is -3.66. The third-order valence-corrected chi connectivity index (χ3v) is 5.69. The van der Waals surface area contributed by atoms with Crippen LogP contribution in [-0.2, 0) is 16.6 Å². The van der Waals surface area contributed by atoms with Crippen molar-refractivity contribution in [2.45, 2.75) is 25.3 Å². The molecule has 1 N–H and O–H groups in total. The van der Waals surface area contributed by atoms with Crippen molar-refractivity contribution >= 4 is 15.5 Å². The number of hydrogen-bond donors (Lipinski definition) is 1. The van der Waals surface area contributed by atoms with Gasteiger partial charge in [-0.3, -0.25) is 0 Å². The predicted octanol–water partition coefficient (Wildman–Crippen LogP) is 3.08. The Hall–Kier alpha value is -2.97. The van der Waals surface area contributed by atoms with E-state index in [9.17, 15) is 8.42 Å². The van der Waals surface area contributed by atoms with Gasteiger partial charge >= 0.3 is 0 Å². The predicted molar refractivity (Wildman–Crippen MR) is 101 cm³/mol. The molecule has 0 saturated heterocycles. The second-order valence-electron chi connectivity index (χ2n) is 6.16. The molecule has 0 aliphatic rings. The first-order valence-corrected chi connectivity index (χ1v) is 9.87. The Morgan fingerprint density at radius 1 is 1.11 bits per heavy atom. The third kappa shape index (κ3) is 3.36. The molecule has 0 saturated carbocycles. The maximum atomic E-state index is 12.6. The first-order chi connectivity index (χ1) is 12.9. The molecule has 3 heterocycles. The first kappa shape index (κ1) is 17.4. The summed E-state index contributed by atoms with van der Waals surface area (Å²) in [7, 11) is -3.66. The van der Waals surface area contributed by atoms with Crippen molar-refractivity contribution in [3.05, 3.63) is 72.3 Å². The molecule has 0 radical (unpaired) electrons. The van der Waals surface area contributed by atoms with Crippen LogP contribution in [0.5, 0.6) is 0 Å². The van der Waals surface area contributed by atoms with E-state index in [2.05, 4.69) is 14.7 Å². The molecule has 0 unspecified atom stereocenters. The van der Waals surface area contributed by atoms with Gasteiger partial charge in [0, 0.05) is 18.7 Å². The number of hydrogen-bond acceptors (Lipinski definition) is 5. The van der Waals surface area contributed by atoms with Crippen LogP contribution >= 0.6 is 0 Å². The van der Waals surface area contributed by atoms with Crippen molar-refractivity contribution in [1.82, 2.24) is 19.1 Å². The smallest absolute Gasteiger partial charge is 0.240 e. The standard InChI is InChI=1S/C19H18N4O3S/c1-13-19(22-14(2)26-13)15-6-8-17(9-7-15)27(24,25)21-12-18-20-11-16-5-3-4-10-23(16)18/h3-11,21H,12H2,1-2H3. The van der Waals surface area contributed by atoms with Crippen LogP contribution in [0.4, 0.5) is 0 Å². The van der Waals surface area contributed by atoms with Gasteiger partial charge in [0.05, 0.1) is 23.2 Å². The summed E-state index contributed by atoms with van der Waals surface area (Å²) in [5.74, 6) is 1.90. The van der Waals surface area contributed by atoms with E-state index in [4.69, 9.17) is 4.42 Å². The van der Waals surface area contributed by atoms with Crippen molar-refractivity contribution in [3.8, 4) is 11.3 Å². The normalized spacial score (nSPS) is 11.9. The van der Waals surface area contributed by atoms with Crippen molar-refractivity contribution in [3.63, 3.8) is 0 Å². The SMILES string of the molecule is Cc1nc(-c2ccc(S(=O)(=O)NCc3ncc4ccccn34)cc2)c(C)o1. The van der Waals surface area contributed by atoms with Crippen molar-refractivity contribution in [2.75, 3.05) is 0 Å². The largest absolute Gasteiger partial charge is 0.446 e. The van der Waals surface area contributed by atoms with Gasteiger partial charge in [-0.05, 0) is 31.2 Å². The Bertz CT molecular complexity index is 1210. The fourth-order valence-electron chi connectivity index (χ4n) is 2.96. The minimum Gasteiger partial charge on any atom is -0.446 e. The molecular weight excluding hydrogens is 364 g/mol. The highest BCUT2D eigenvalue weighted by Crippen LogP contribution is 2.24. The number of sulfonamides is 1. The molecule has 0 fully saturated rings. The van der Waals surface area contributed by atoms with E-state index < -0.39 is 10.0 Å². The molecule has 0 amide bonds. The van der Waals surface area contributed by atoms with Crippen molar-refractivity contribution < 1.29 is 12.8 Å². The number of fused-ring (bicyclic) bond motifs is 1. The molecule has 0 spiro atoms. The van der Waals surface area contributed by atoms with Crippen LogP contribution in [0.3, 0.4) is 0 Å². The lowest BCUT2D eigenvalue weighted by atomic mass is 10.1.